The van der Waals surface area contributed by atoms with Gasteiger partial charge >= 0.3 is 0 Å². The lowest BCUT2D eigenvalue weighted by Gasteiger charge is -2.15. The van der Waals surface area contributed by atoms with Crippen LogP contribution in [0.1, 0.15) is 15.9 Å². The molecule has 108 valence electrons. The Labute approximate surface area is 122 Å². The van der Waals surface area contributed by atoms with Gasteiger partial charge in [-0.05, 0) is 18.2 Å². The molecule has 6 nitrogen and oxygen atoms in total. The molecule has 1 aromatic carbocycles. The molecule has 0 radical (unpaired) electrons. The molecule has 0 aliphatic rings. The van der Waals surface area contributed by atoms with E-state index >= 15 is 0 Å². The Morgan fingerprint density at radius 1 is 1.48 bits per heavy atom. The summed E-state index contributed by atoms with van der Waals surface area (Å²) in [5.41, 5.74) is 8.98. The maximum Gasteiger partial charge on any atom is 0.256 e. The van der Waals surface area contributed by atoms with Gasteiger partial charge < -0.3 is 15.6 Å². The van der Waals surface area contributed by atoms with Crippen LogP contribution >= 0.6 is 0 Å². The summed E-state index contributed by atoms with van der Waals surface area (Å²) in [6.45, 7) is 0.516. The van der Waals surface area contributed by atoms with E-state index in [2.05, 4.69) is 10.1 Å². The first-order valence-electron chi connectivity index (χ1n) is 6.64. The van der Waals surface area contributed by atoms with E-state index in [-0.39, 0.29) is 5.91 Å². The second-order valence-electron chi connectivity index (χ2n) is 5.19. The number of nitrogen functional groups attached to an aromatic ring is 1. The highest BCUT2D eigenvalue weighted by atomic mass is 16.2. The third-order valence-electron chi connectivity index (χ3n) is 3.46. The summed E-state index contributed by atoms with van der Waals surface area (Å²) < 4.78 is 1.72. The zero-order valence-corrected chi connectivity index (χ0v) is 12.0. The molecule has 0 aliphatic heterocycles. The molecule has 0 unspecified atom stereocenters. The predicted octanol–water partition coefficient (Wildman–Crippen LogP) is 1.76. The summed E-state index contributed by atoms with van der Waals surface area (Å²) >= 11 is 0. The second kappa shape index (κ2) is 4.97. The van der Waals surface area contributed by atoms with Crippen molar-refractivity contribution in [1.82, 2.24) is 19.7 Å². The van der Waals surface area contributed by atoms with Crippen LogP contribution in [0.25, 0.3) is 10.9 Å². The maximum atomic E-state index is 12.6. The smallest absolute Gasteiger partial charge is 0.256 e. The van der Waals surface area contributed by atoms with Gasteiger partial charge in [0.25, 0.3) is 5.91 Å². The van der Waals surface area contributed by atoms with Crippen LogP contribution < -0.4 is 5.73 Å². The van der Waals surface area contributed by atoms with Crippen LogP contribution in [-0.4, -0.2) is 32.6 Å². The number of benzene rings is 1. The molecule has 0 spiro atoms. The van der Waals surface area contributed by atoms with E-state index in [1.807, 2.05) is 31.4 Å². The van der Waals surface area contributed by atoms with Gasteiger partial charge in [0.15, 0.2) is 0 Å². The minimum Gasteiger partial charge on any atom is -0.399 e. The summed E-state index contributed by atoms with van der Waals surface area (Å²) in [5, 5.41) is 4.95. The van der Waals surface area contributed by atoms with Crippen molar-refractivity contribution >= 4 is 22.5 Å². The molecule has 2 heterocycles. The van der Waals surface area contributed by atoms with Crippen molar-refractivity contribution in [3.63, 3.8) is 0 Å². The van der Waals surface area contributed by atoms with Gasteiger partial charge in [-0.15, -0.1) is 0 Å². The first kappa shape index (κ1) is 13.2. The first-order valence-corrected chi connectivity index (χ1v) is 6.64. The number of nitrogens with zero attached hydrogens (tertiary/aromatic N) is 3. The number of nitrogens with one attached hydrogen (secondary N) is 1. The van der Waals surface area contributed by atoms with E-state index in [4.69, 9.17) is 5.73 Å². The number of amides is 1. The molecule has 3 rings (SSSR count). The Kier molecular flexibility index (Phi) is 3.13. The Morgan fingerprint density at radius 2 is 2.29 bits per heavy atom. The number of aromatic nitrogens is 3. The van der Waals surface area contributed by atoms with Crippen molar-refractivity contribution in [3.8, 4) is 0 Å². The quantitative estimate of drug-likeness (QED) is 0.719. The number of fused-ring (bicyclic) bond motifs is 1. The highest BCUT2D eigenvalue weighted by Gasteiger charge is 2.17. The summed E-state index contributed by atoms with van der Waals surface area (Å²) in [6.07, 6.45) is 5.39. The molecule has 21 heavy (non-hydrogen) atoms. The number of rotatable bonds is 3. The van der Waals surface area contributed by atoms with Gasteiger partial charge in [0, 0.05) is 55.2 Å². The highest BCUT2D eigenvalue weighted by molar-refractivity contribution is 6.07. The van der Waals surface area contributed by atoms with Crippen LogP contribution in [0.4, 0.5) is 5.69 Å². The van der Waals surface area contributed by atoms with E-state index in [1.165, 1.54) is 0 Å². The number of hydrogen-bond acceptors (Lipinski definition) is 3. The number of aromatic amines is 1. The first-order chi connectivity index (χ1) is 10.0. The zero-order chi connectivity index (χ0) is 15.0. The summed E-state index contributed by atoms with van der Waals surface area (Å²) in [7, 11) is 3.63. The van der Waals surface area contributed by atoms with Gasteiger partial charge in [-0.2, -0.15) is 5.10 Å². The second-order valence-corrected chi connectivity index (χ2v) is 5.19. The largest absolute Gasteiger partial charge is 0.399 e. The molecule has 0 bridgehead atoms. The van der Waals surface area contributed by atoms with Crippen molar-refractivity contribution in [3.05, 3.63) is 47.9 Å². The summed E-state index contributed by atoms with van der Waals surface area (Å²) in [4.78, 5) is 17.3. The standard InChI is InChI=1S/C15H17N5O/c1-19(8-10-6-18-20(2)9-10)15(21)13-7-17-14-4-3-11(16)5-12(13)14/h3-7,9,17H,8,16H2,1-2H3. The van der Waals surface area contributed by atoms with Crippen LogP contribution in [0, 0.1) is 0 Å². The van der Waals surface area contributed by atoms with Crippen LogP contribution in [0.3, 0.4) is 0 Å². The minimum absolute atomic E-state index is 0.0456. The lowest BCUT2D eigenvalue weighted by Crippen LogP contribution is -2.25. The van der Waals surface area contributed by atoms with Gasteiger partial charge in [-0.3, -0.25) is 9.48 Å². The fourth-order valence-electron chi connectivity index (χ4n) is 2.42. The number of hydrogen-bond donors (Lipinski definition) is 2. The van der Waals surface area contributed by atoms with Gasteiger partial charge in [-0.25, -0.2) is 0 Å². The Bertz CT molecular complexity index is 801. The zero-order valence-electron chi connectivity index (χ0n) is 12.0. The van der Waals surface area contributed by atoms with Gasteiger partial charge in [-0.1, -0.05) is 0 Å². The molecular formula is C15H17N5O. The van der Waals surface area contributed by atoms with Crippen molar-refractivity contribution in [2.24, 2.45) is 7.05 Å². The van der Waals surface area contributed by atoms with Crippen molar-refractivity contribution in [2.45, 2.75) is 6.54 Å². The number of aryl methyl sites for hydroxylation is 1. The van der Waals surface area contributed by atoms with E-state index in [1.54, 1.807) is 29.0 Å². The van der Waals surface area contributed by atoms with Crippen LogP contribution in [0.15, 0.2) is 36.8 Å². The molecule has 6 heteroatoms. The number of carbonyl (C=O) groups is 1. The number of nitrogens with two attached hydrogens (primary N) is 1. The Morgan fingerprint density at radius 3 is 3.00 bits per heavy atom. The molecule has 1 amide bonds. The lowest BCUT2D eigenvalue weighted by molar-refractivity contribution is 0.0787. The van der Waals surface area contributed by atoms with E-state index in [0.29, 0.717) is 17.8 Å². The van der Waals surface area contributed by atoms with Crippen molar-refractivity contribution in [1.29, 1.82) is 0 Å². The average Bonchev–Trinajstić information content (AvgIpc) is 3.04. The van der Waals surface area contributed by atoms with E-state index < -0.39 is 0 Å². The van der Waals surface area contributed by atoms with Crippen LogP contribution in [0.5, 0.6) is 0 Å². The van der Waals surface area contributed by atoms with E-state index in [9.17, 15) is 4.79 Å². The monoisotopic (exact) mass is 283 g/mol. The maximum absolute atomic E-state index is 12.6. The SMILES string of the molecule is CN(Cc1cnn(C)c1)C(=O)c1c[nH]c2ccc(N)cc12. The normalized spacial score (nSPS) is 11.0. The molecule has 0 atom stereocenters. The van der Waals surface area contributed by atoms with Gasteiger partial charge in [0.2, 0.25) is 0 Å². The predicted molar refractivity (Wildman–Crippen MR) is 81.7 cm³/mol. The van der Waals surface area contributed by atoms with Crippen LogP contribution in [0.2, 0.25) is 0 Å². The summed E-state index contributed by atoms with van der Waals surface area (Å²) in [5.74, 6) is -0.0456. The number of H-pyrrole nitrogens is 1. The number of anilines is 1. The number of carbonyl (C=O) groups excluding carboxylic acids is 1. The lowest BCUT2D eigenvalue weighted by atomic mass is 10.1. The topological polar surface area (TPSA) is 79.9 Å². The molecule has 0 aliphatic carbocycles. The third kappa shape index (κ3) is 2.47. The highest BCUT2D eigenvalue weighted by Crippen LogP contribution is 2.22. The Hall–Kier alpha value is -2.76. The fourth-order valence-corrected chi connectivity index (χ4v) is 2.42. The molecule has 0 fully saturated rings. The molecule has 3 N–H and O–H groups in total. The molecule has 3 aromatic rings. The Balaban J connectivity index is 1.87. The van der Waals surface area contributed by atoms with E-state index in [0.717, 1.165) is 16.5 Å². The van der Waals surface area contributed by atoms with Gasteiger partial charge in [0.1, 0.15) is 0 Å². The van der Waals surface area contributed by atoms with Crippen LogP contribution in [-0.2, 0) is 13.6 Å². The van der Waals surface area contributed by atoms with Crippen molar-refractivity contribution in [2.75, 3.05) is 12.8 Å². The molecule has 0 saturated heterocycles. The molecule has 2 aromatic heterocycles. The summed E-state index contributed by atoms with van der Waals surface area (Å²) in [6, 6.07) is 5.51. The third-order valence-corrected chi connectivity index (χ3v) is 3.46. The van der Waals surface area contributed by atoms with Crippen molar-refractivity contribution < 1.29 is 4.79 Å². The molecule has 0 saturated carbocycles. The van der Waals surface area contributed by atoms with Gasteiger partial charge in [0.05, 0.1) is 11.8 Å². The average molecular weight is 283 g/mol. The fraction of sp³-hybridized carbons (Fsp3) is 0.200. The minimum atomic E-state index is -0.0456. The molecular weight excluding hydrogens is 266 g/mol.